The summed E-state index contributed by atoms with van der Waals surface area (Å²) in [6.45, 7) is 4.35. The van der Waals surface area contributed by atoms with Crippen LogP contribution in [0.15, 0.2) is 18.2 Å². The van der Waals surface area contributed by atoms with Crippen LogP contribution in [0.1, 0.15) is 18.3 Å². The van der Waals surface area contributed by atoms with Crippen LogP contribution in [0.2, 0.25) is 0 Å². The summed E-state index contributed by atoms with van der Waals surface area (Å²) in [4.78, 5) is 20.3. The van der Waals surface area contributed by atoms with Crippen molar-refractivity contribution in [1.29, 1.82) is 0 Å². The Morgan fingerprint density at radius 1 is 1.53 bits per heavy atom. The number of fused-ring (bicyclic) bond motifs is 1. The lowest BCUT2D eigenvalue weighted by Gasteiger charge is -2.20. The lowest BCUT2D eigenvalue weighted by molar-refractivity contribution is -0.142. The molecule has 5 nitrogen and oxygen atoms in total. The average Bonchev–Trinajstić information content (AvgIpc) is 2.74. The largest absolute Gasteiger partial charge is 0.480 e. The molecule has 1 atom stereocenters. The Kier molecular flexibility index (Phi) is 3.85. The number of benzene rings is 1. The third-order valence-corrected chi connectivity index (χ3v) is 3.44. The zero-order chi connectivity index (χ0) is 14.0. The number of carboxylic acid groups (broad SMARTS) is 1. The highest BCUT2D eigenvalue weighted by atomic mass is 16.4. The highest BCUT2D eigenvalue weighted by Crippen LogP contribution is 2.14. The molecule has 0 spiro atoms. The van der Waals surface area contributed by atoms with Crippen molar-refractivity contribution < 1.29 is 9.90 Å². The van der Waals surface area contributed by atoms with E-state index in [9.17, 15) is 4.79 Å². The van der Waals surface area contributed by atoms with Crippen molar-refractivity contribution in [1.82, 2.24) is 14.9 Å². The Morgan fingerprint density at radius 3 is 2.95 bits per heavy atom. The number of nitrogens with zero attached hydrogens (tertiary/aromatic N) is 2. The maximum atomic E-state index is 10.9. The van der Waals surface area contributed by atoms with Crippen molar-refractivity contribution in [2.24, 2.45) is 0 Å². The molecule has 0 radical (unpaired) electrons. The van der Waals surface area contributed by atoms with Gasteiger partial charge in [0, 0.05) is 6.54 Å². The molecule has 1 unspecified atom stereocenters. The average molecular weight is 261 g/mol. The Balaban J connectivity index is 2.03. The van der Waals surface area contributed by atoms with Crippen molar-refractivity contribution in [3.8, 4) is 0 Å². The van der Waals surface area contributed by atoms with Crippen LogP contribution >= 0.6 is 0 Å². The van der Waals surface area contributed by atoms with E-state index in [1.807, 2.05) is 31.0 Å². The predicted octanol–water partition coefficient (Wildman–Crippen LogP) is 1.82. The van der Waals surface area contributed by atoms with Gasteiger partial charge in [0.25, 0.3) is 0 Å². The van der Waals surface area contributed by atoms with Gasteiger partial charge in [-0.15, -0.1) is 0 Å². The second kappa shape index (κ2) is 5.40. The molecule has 0 bridgehead atoms. The second-order valence-corrected chi connectivity index (χ2v) is 4.92. The van der Waals surface area contributed by atoms with Gasteiger partial charge in [0.05, 0.1) is 11.0 Å². The summed E-state index contributed by atoms with van der Waals surface area (Å²) in [6.07, 6.45) is 0.822. The van der Waals surface area contributed by atoms with Crippen LogP contribution in [0, 0.1) is 6.92 Å². The molecule has 1 heterocycles. The number of aromatic amines is 1. The molecule has 102 valence electrons. The molecule has 0 amide bonds. The molecule has 0 aliphatic carbocycles. The summed E-state index contributed by atoms with van der Waals surface area (Å²) in [5, 5.41) is 8.94. The van der Waals surface area contributed by atoms with Crippen LogP contribution in [0.5, 0.6) is 0 Å². The molecule has 2 N–H and O–H groups in total. The first-order valence-electron chi connectivity index (χ1n) is 6.35. The zero-order valence-corrected chi connectivity index (χ0v) is 11.5. The maximum Gasteiger partial charge on any atom is 0.320 e. The van der Waals surface area contributed by atoms with E-state index in [1.165, 1.54) is 5.56 Å². The number of carboxylic acids is 1. The van der Waals surface area contributed by atoms with E-state index in [0.717, 1.165) is 23.3 Å². The molecule has 19 heavy (non-hydrogen) atoms. The minimum absolute atomic E-state index is 0.460. The topological polar surface area (TPSA) is 69.2 Å². The minimum atomic E-state index is -0.790. The van der Waals surface area contributed by atoms with E-state index < -0.39 is 12.0 Å². The summed E-state index contributed by atoms with van der Waals surface area (Å²) >= 11 is 0. The van der Waals surface area contributed by atoms with E-state index in [4.69, 9.17) is 5.11 Å². The smallest absolute Gasteiger partial charge is 0.320 e. The summed E-state index contributed by atoms with van der Waals surface area (Å²) in [7, 11) is 1.83. The van der Waals surface area contributed by atoms with Crippen molar-refractivity contribution in [3.63, 3.8) is 0 Å². The first kappa shape index (κ1) is 13.5. The molecule has 2 aromatic rings. The lowest BCUT2D eigenvalue weighted by atomic mass is 10.1. The summed E-state index contributed by atoms with van der Waals surface area (Å²) in [5.41, 5.74) is 3.18. The van der Waals surface area contributed by atoms with Crippen molar-refractivity contribution >= 4 is 17.0 Å². The van der Waals surface area contributed by atoms with Gasteiger partial charge in [0.2, 0.25) is 0 Å². The molecule has 0 aliphatic rings. The molecule has 5 heteroatoms. The summed E-state index contributed by atoms with van der Waals surface area (Å²) in [5.74, 6) is 0.117. The van der Waals surface area contributed by atoms with E-state index in [2.05, 4.69) is 16.0 Å². The van der Waals surface area contributed by atoms with E-state index in [0.29, 0.717) is 6.54 Å². The van der Waals surface area contributed by atoms with Gasteiger partial charge in [0.15, 0.2) is 0 Å². The zero-order valence-electron chi connectivity index (χ0n) is 11.5. The molecule has 0 fully saturated rings. The molecule has 0 saturated carbocycles. The van der Waals surface area contributed by atoms with Crippen LogP contribution in [0.3, 0.4) is 0 Å². The number of carbonyl (C=O) groups is 1. The molecule has 1 aromatic carbocycles. The van der Waals surface area contributed by atoms with Gasteiger partial charge >= 0.3 is 5.97 Å². The van der Waals surface area contributed by atoms with Gasteiger partial charge in [-0.05, 0) is 45.0 Å². The predicted molar refractivity (Wildman–Crippen MR) is 74.3 cm³/mol. The highest BCUT2D eigenvalue weighted by Gasteiger charge is 2.16. The number of aliphatic carboxylic acids is 1. The van der Waals surface area contributed by atoms with Gasteiger partial charge in [-0.2, -0.15) is 0 Å². The Bertz CT molecular complexity index is 591. The summed E-state index contributed by atoms with van der Waals surface area (Å²) in [6, 6.07) is 5.66. The molecular formula is C14H19N3O2. The van der Waals surface area contributed by atoms with E-state index in [-0.39, 0.29) is 0 Å². The van der Waals surface area contributed by atoms with Crippen molar-refractivity contribution in [2.45, 2.75) is 26.3 Å². The number of H-pyrrole nitrogens is 1. The first-order valence-corrected chi connectivity index (χ1v) is 6.35. The van der Waals surface area contributed by atoms with Gasteiger partial charge in [0.1, 0.15) is 11.9 Å². The number of likely N-dealkylation sites (N-methyl/N-ethyl adjacent to an activating group) is 1. The van der Waals surface area contributed by atoms with E-state index in [1.54, 1.807) is 6.92 Å². The fourth-order valence-electron chi connectivity index (χ4n) is 2.03. The molecule has 2 rings (SSSR count). The third-order valence-electron chi connectivity index (χ3n) is 3.44. The Morgan fingerprint density at radius 2 is 2.26 bits per heavy atom. The fourth-order valence-corrected chi connectivity index (χ4v) is 2.03. The lowest BCUT2D eigenvalue weighted by Crippen LogP contribution is -2.37. The molecule has 0 aliphatic heterocycles. The first-order chi connectivity index (χ1) is 8.97. The number of rotatable bonds is 5. The Labute approximate surface area is 112 Å². The van der Waals surface area contributed by atoms with Gasteiger partial charge in [-0.3, -0.25) is 9.69 Å². The minimum Gasteiger partial charge on any atom is -0.480 e. The normalized spacial score (nSPS) is 13.1. The molecular weight excluding hydrogens is 242 g/mol. The monoisotopic (exact) mass is 261 g/mol. The number of imidazole rings is 1. The fraction of sp³-hybridized carbons (Fsp3) is 0.429. The van der Waals surface area contributed by atoms with E-state index >= 15 is 0 Å². The van der Waals surface area contributed by atoms with Crippen molar-refractivity contribution in [3.05, 3.63) is 29.6 Å². The maximum absolute atomic E-state index is 10.9. The van der Waals surface area contributed by atoms with Crippen LogP contribution in [-0.2, 0) is 11.2 Å². The molecule has 0 saturated heterocycles. The van der Waals surface area contributed by atoms with Crippen LogP contribution in [-0.4, -0.2) is 45.6 Å². The SMILES string of the molecule is Cc1nc2ccc(CCN(C)C(C)C(=O)O)cc2[nH]1. The highest BCUT2D eigenvalue weighted by molar-refractivity contribution is 5.75. The van der Waals surface area contributed by atoms with Gasteiger partial charge in [-0.25, -0.2) is 4.98 Å². The number of hydrogen-bond acceptors (Lipinski definition) is 3. The number of nitrogens with one attached hydrogen (secondary N) is 1. The quantitative estimate of drug-likeness (QED) is 0.861. The summed E-state index contributed by atoms with van der Waals surface area (Å²) < 4.78 is 0. The van der Waals surface area contributed by atoms with Crippen molar-refractivity contribution in [2.75, 3.05) is 13.6 Å². The molecule has 1 aromatic heterocycles. The number of aryl methyl sites for hydroxylation is 1. The third kappa shape index (κ3) is 3.12. The number of aromatic nitrogens is 2. The standard InChI is InChI=1S/C14H19N3O2/c1-9(14(18)19)17(3)7-6-11-4-5-12-13(8-11)16-10(2)15-12/h4-5,8-9H,6-7H2,1-3H3,(H,15,16)(H,18,19). The number of hydrogen-bond donors (Lipinski definition) is 2. The van der Waals surface area contributed by atoms with Gasteiger partial charge in [-0.1, -0.05) is 6.07 Å². The van der Waals surface area contributed by atoms with Crippen LogP contribution in [0.4, 0.5) is 0 Å². The van der Waals surface area contributed by atoms with Crippen LogP contribution in [0.25, 0.3) is 11.0 Å². The Hall–Kier alpha value is -1.88. The van der Waals surface area contributed by atoms with Crippen LogP contribution < -0.4 is 0 Å². The second-order valence-electron chi connectivity index (χ2n) is 4.92. The van der Waals surface area contributed by atoms with Gasteiger partial charge < -0.3 is 10.1 Å².